The van der Waals surface area contributed by atoms with Crippen molar-refractivity contribution < 1.29 is 4.74 Å². The number of hydrogen-bond acceptors (Lipinski definition) is 5. The number of H-pyrrole nitrogens is 1. The van der Waals surface area contributed by atoms with Gasteiger partial charge in [0.25, 0.3) is 5.56 Å². The van der Waals surface area contributed by atoms with Gasteiger partial charge in [-0.3, -0.25) is 14.9 Å². The van der Waals surface area contributed by atoms with Crippen molar-refractivity contribution in [1.82, 2.24) is 19.7 Å². The summed E-state index contributed by atoms with van der Waals surface area (Å²) in [6.07, 6.45) is 1.67. The van der Waals surface area contributed by atoms with Crippen molar-refractivity contribution in [2.75, 3.05) is 45.2 Å². The number of nitrogens with zero attached hydrogens (tertiary/aromatic N) is 4. The predicted octanol–water partition coefficient (Wildman–Crippen LogP) is 2.63. The van der Waals surface area contributed by atoms with E-state index in [1.54, 1.807) is 18.0 Å². The van der Waals surface area contributed by atoms with E-state index in [1.807, 2.05) is 24.3 Å². The second-order valence-corrected chi connectivity index (χ2v) is 7.49. The van der Waals surface area contributed by atoms with E-state index in [4.69, 9.17) is 4.74 Å². The number of aromatic amines is 1. The first kappa shape index (κ1) is 17.8. The van der Waals surface area contributed by atoms with Gasteiger partial charge in [-0.2, -0.15) is 0 Å². The molecule has 2 aromatic heterocycles. The first-order valence-electron chi connectivity index (χ1n) is 9.75. The van der Waals surface area contributed by atoms with Crippen molar-refractivity contribution >= 4 is 27.5 Å². The molecule has 1 saturated heterocycles. The van der Waals surface area contributed by atoms with Crippen molar-refractivity contribution in [3.05, 3.63) is 59.0 Å². The highest BCUT2D eigenvalue weighted by molar-refractivity contribution is 6.03. The number of hydrogen-bond donors (Lipinski definition) is 1. The predicted molar refractivity (Wildman–Crippen MR) is 115 cm³/mol. The first-order chi connectivity index (χ1) is 14.1. The molecule has 5 rings (SSSR count). The normalized spacial score (nSPS) is 15.3. The molecule has 0 spiro atoms. The number of methoxy groups -OCH3 is 1. The van der Waals surface area contributed by atoms with Gasteiger partial charge in [0.05, 0.1) is 29.2 Å². The van der Waals surface area contributed by atoms with Crippen molar-refractivity contribution in [2.24, 2.45) is 0 Å². The topological polar surface area (TPSA) is 66.4 Å². The Morgan fingerprint density at radius 3 is 2.41 bits per heavy atom. The van der Waals surface area contributed by atoms with Crippen LogP contribution in [0.5, 0.6) is 5.75 Å². The Morgan fingerprint density at radius 2 is 1.69 bits per heavy atom. The maximum absolute atomic E-state index is 12.9. The number of likely N-dealkylation sites (N-methyl/N-ethyl adjacent to an activating group) is 1. The molecule has 0 unspecified atom stereocenters. The summed E-state index contributed by atoms with van der Waals surface area (Å²) in [7, 11) is 3.78. The summed E-state index contributed by atoms with van der Waals surface area (Å²) >= 11 is 0. The van der Waals surface area contributed by atoms with Gasteiger partial charge < -0.3 is 14.5 Å². The molecule has 0 amide bonds. The van der Waals surface area contributed by atoms with Crippen molar-refractivity contribution in [3.8, 4) is 11.4 Å². The van der Waals surface area contributed by atoms with Gasteiger partial charge in [-0.1, -0.05) is 0 Å². The highest BCUT2D eigenvalue weighted by Crippen LogP contribution is 2.26. The number of piperazine rings is 1. The van der Waals surface area contributed by atoms with Crippen molar-refractivity contribution in [1.29, 1.82) is 0 Å². The van der Waals surface area contributed by atoms with Crippen LogP contribution in [-0.2, 0) is 0 Å². The average Bonchev–Trinajstić information content (AvgIpc) is 3.11. The van der Waals surface area contributed by atoms with E-state index >= 15 is 0 Å². The lowest BCUT2D eigenvalue weighted by Crippen LogP contribution is -2.44. The lowest BCUT2D eigenvalue weighted by atomic mass is 10.1. The molecular weight excluding hydrogens is 366 g/mol. The summed E-state index contributed by atoms with van der Waals surface area (Å²) in [4.78, 5) is 22.2. The van der Waals surface area contributed by atoms with Crippen LogP contribution in [0.4, 0.5) is 5.69 Å². The second kappa shape index (κ2) is 6.93. The van der Waals surface area contributed by atoms with Crippen LogP contribution >= 0.6 is 0 Å². The molecule has 1 aliphatic heterocycles. The van der Waals surface area contributed by atoms with E-state index < -0.39 is 0 Å². The number of benzene rings is 2. The number of pyridine rings is 1. The standard InChI is InChI=1S/C22H23N5O2/c1-25-9-11-26(12-10-25)16-5-8-18-20(13-16)23-14-19-21(18)24-27(22(19)28)15-3-6-17(29-2)7-4-15/h3-8,13-14,24H,9-12H2,1-2H3. The van der Waals surface area contributed by atoms with Crippen LogP contribution in [0.25, 0.3) is 27.5 Å². The van der Waals surface area contributed by atoms with E-state index in [9.17, 15) is 4.79 Å². The minimum Gasteiger partial charge on any atom is -0.497 e. The Hall–Kier alpha value is -3.32. The molecule has 0 saturated carbocycles. The van der Waals surface area contributed by atoms with Crippen LogP contribution in [-0.4, -0.2) is 60.0 Å². The highest BCUT2D eigenvalue weighted by Gasteiger charge is 2.16. The summed E-state index contributed by atoms with van der Waals surface area (Å²) in [5.41, 5.74) is 3.52. The number of rotatable bonds is 3. The molecule has 148 valence electrons. The van der Waals surface area contributed by atoms with Gasteiger partial charge in [-0.05, 0) is 49.5 Å². The molecule has 0 atom stereocenters. The molecule has 0 aliphatic carbocycles. The third kappa shape index (κ3) is 3.03. The molecule has 0 radical (unpaired) electrons. The Balaban J connectivity index is 1.58. The fourth-order valence-corrected chi connectivity index (χ4v) is 3.92. The fourth-order valence-electron chi connectivity index (χ4n) is 3.92. The van der Waals surface area contributed by atoms with Gasteiger partial charge >= 0.3 is 0 Å². The van der Waals surface area contributed by atoms with Crippen LogP contribution in [0.2, 0.25) is 0 Å². The maximum Gasteiger partial charge on any atom is 0.280 e. The van der Waals surface area contributed by atoms with Crippen molar-refractivity contribution in [2.45, 2.75) is 0 Å². The van der Waals surface area contributed by atoms with E-state index in [2.05, 4.69) is 45.1 Å². The smallest absolute Gasteiger partial charge is 0.280 e. The Morgan fingerprint density at radius 1 is 0.966 bits per heavy atom. The fraction of sp³-hybridized carbons (Fsp3) is 0.273. The molecule has 7 heteroatoms. The van der Waals surface area contributed by atoms with Gasteiger partial charge in [-0.25, -0.2) is 4.68 Å². The Bertz CT molecular complexity index is 1230. The van der Waals surface area contributed by atoms with Crippen LogP contribution in [0.15, 0.2) is 53.5 Å². The van der Waals surface area contributed by atoms with E-state index in [0.717, 1.165) is 54.0 Å². The molecule has 1 fully saturated rings. The number of ether oxygens (including phenoxy) is 1. The SMILES string of the molecule is COc1ccc(-n2[nH]c3c(cnc4cc(N5CCN(C)CC5)ccc43)c2=O)cc1. The molecule has 0 bridgehead atoms. The molecule has 2 aromatic carbocycles. The minimum absolute atomic E-state index is 0.109. The molecule has 29 heavy (non-hydrogen) atoms. The summed E-state index contributed by atoms with van der Waals surface area (Å²) in [6, 6.07) is 13.7. The third-order valence-corrected chi connectivity index (χ3v) is 5.71. The van der Waals surface area contributed by atoms with Crippen LogP contribution < -0.4 is 15.2 Å². The summed E-state index contributed by atoms with van der Waals surface area (Å²) in [5, 5.41) is 4.80. The number of anilines is 1. The quantitative estimate of drug-likeness (QED) is 0.584. The van der Waals surface area contributed by atoms with Crippen LogP contribution in [0, 0.1) is 0 Å². The van der Waals surface area contributed by atoms with Gasteiger partial charge in [0, 0.05) is 43.4 Å². The number of fused-ring (bicyclic) bond motifs is 3. The first-order valence-corrected chi connectivity index (χ1v) is 9.75. The molecular formula is C22H23N5O2. The lowest BCUT2D eigenvalue weighted by Gasteiger charge is -2.34. The molecule has 7 nitrogen and oxygen atoms in total. The molecule has 4 aromatic rings. The monoisotopic (exact) mass is 389 g/mol. The molecule has 1 N–H and O–H groups in total. The second-order valence-electron chi connectivity index (χ2n) is 7.49. The Labute approximate surface area is 168 Å². The van der Waals surface area contributed by atoms with E-state index in [0.29, 0.717) is 5.39 Å². The maximum atomic E-state index is 12.9. The van der Waals surface area contributed by atoms with E-state index in [-0.39, 0.29) is 5.56 Å². The zero-order valence-corrected chi connectivity index (χ0v) is 16.6. The average molecular weight is 389 g/mol. The zero-order chi connectivity index (χ0) is 20.0. The summed E-state index contributed by atoms with van der Waals surface area (Å²) in [6.45, 7) is 4.13. The van der Waals surface area contributed by atoms with Crippen LogP contribution in [0.1, 0.15) is 0 Å². The summed E-state index contributed by atoms with van der Waals surface area (Å²) < 4.78 is 6.76. The highest BCUT2D eigenvalue weighted by atomic mass is 16.5. The van der Waals surface area contributed by atoms with Crippen LogP contribution in [0.3, 0.4) is 0 Å². The summed E-state index contributed by atoms with van der Waals surface area (Å²) in [5.74, 6) is 0.751. The molecule has 3 heterocycles. The Kier molecular flexibility index (Phi) is 4.24. The zero-order valence-electron chi connectivity index (χ0n) is 16.6. The lowest BCUT2D eigenvalue weighted by molar-refractivity contribution is 0.313. The number of aromatic nitrogens is 3. The van der Waals surface area contributed by atoms with Gasteiger partial charge in [-0.15, -0.1) is 0 Å². The minimum atomic E-state index is -0.109. The van der Waals surface area contributed by atoms with Gasteiger partial charge in [0.2, 0.25) is 0 Å². The van der Waals surface area contributed by atoms with Gasteiger partial charge in [0.1, 0.15) is 5.75 Å². The van der Waals surface area contributed by atoms with Gasteiger partial charge in [0.15, 0.2) is 0 Å². The number of nitrogens with one attached hydrogen (secondary N) is 1. The molecule has 1 aliphatic rings. The van der Waals surface area contributed by atoms with E-state index in [1.165, 1.54) is 5.69 Å². The largest absolute Gasteiger partial charge is 0.497 e. The van der Waals surface area contributed by atoms with Crippen molar-refractivity contribution in [3.63, 3.8) is 0 Å². The third-order valence-electron chi connectivity index (χ3n) is 5.71.